The molecule has 0 radical (unpaired) electrons. The number of likely N-dealkylation sites (N-methyl/N-ethyl adjacent to an activating group) is 1. The van der Waals surface area contributed by atoms with E-state index in [1.807, 2.05) is 18.2 Å². The number of nitrogens with zero attached hydrogens (tertiary/aromatic N) is 3. The third-order valence-electron chi connectivity index (χ3n) is 4.86. The number of halogens is 2. The first-order valence-corrected chi connectivity index (χ1v) is 9.39. The van der Waals surface area contributed by atoms with Crippen LogP contribution in [-0.2, 0) is 11.3 Å². The SMILES string of the molecule is CCN(CC)CCn1c(NC(=O)CNCC2CC2)nc2ccccc21.Cl.Cl. The number of benzene rings is 1. The van der Waals surface area contributed by atoms with Crippen LogP contribution in [0.15, 0.2) is 24.3 Å². The summed E-state index contributed by atoms with van der Waals surface area (Å²) in [4.78, 5) is 19.3. The van der Waals surface area contributed by atoms with Gasteiger partial charge in [-0.05, 0) is 50.5 Å². The van der Waals surface area contributed by atoms with Gasteiger partial charge < -0.3 is 14.8 Å². The van der Waals surface area contributed by atoms with Gasteiger partial charge in [-0.3, -0.25) is 10.1 Å². The van der Waals surface area contributed by atoms with Crippen molar-refractivity contribution < 1.29 is 4.79 Å². The van der Waals surface area contributed by atoms with Crippen LogP contribution in [0.4, 0.5) is 5.95 Å². The molecule has 1 heterocycles. The Labute approximate surface area is 173 Å². The van der Waals surface area contributed by atoms with Gasteiger partial charge in [0.1, 0.15) is 0 Å². The molecule has 8 heteroatoms. The lowest BCUT2D eigenvalue weighted by Crippen LogP contribution is -2.31. The van der Waals surface area contributed by atoms with E-state index in [4.69, 9.17) is 0 Å². The minimum absolute atomic E-state index is 0. The normalized spacial score (nSPS) is 13.3. The van der Waals surface area contributed by atoms with Crippen LogP contribution in [0.5, 0.6) is 0 Å². The maximum Gasteiger partial charge on any atom is 0.240 e. The van der Waals surface area contributed by atoms with Gasteiger partial charge in [-0.25, -0.2) is 4.98 Å². The molecule has 0 spiro atoms. The average molecular weight is 416 g/mol. The number of para-hydroxylation sites is 2. The van der Waals surface area contributed by atoms with E-state index < -0.39 is 0 Å². The average Bonchev–Trinajstić information content (AvgIpc) is 3.37. The number of carbonyl (C=O) groups is 1. The second-order valence-corrected chi connectivity index (χ2v) is 6.73. The summed E-state index contributed by atoms with van der Waals surface area (Å²) >= 11 is 0. The Morgan fingerprint density at radius 1 is 1.22 bits per heavy atom. The van der Waals surface area contributed by atoms with Crippen molar-refractivity contribution in [2.75, 3.05) is 38.0 Å². The lowest BCUT2D eigenvalue weighted by Gasteiger charge is -2.19. The monoisotopic (exact) mass is 415 g/mol. The molecule has 1 aliphatic rings. The molecule has 1 amide bonds. The van der Waals surface area contributed by atoms with Crippen LogP contribution >= 0.6 is 24.8 Å². The molecule has 27 heavy (non-hydrogen) atoms. The van der Waals surface area contributed by atoms with E-state index >= 15 is 0 Å². The molecule has 1 fully saturated rings. The van der Waals surface area contributed by atoms with E-state index in [2.05, 4.69) is 45.0 Å². The number of nitrogens with one attached hydrogen (secondary N) is 2. The van der Waals surface area contributed by atoms with Gasteiger partial charge in [0.05, 0.1) is 17.6 Å². The Hall–Kier alpha value is -1.34. The number of imidazole rings is 1. The first-order valence-electron chi connectivity index (χ1n) is 9.39. The number of carbonyl (C=O) groups excluding carboxylic acids is 1. The molecule has 0 unspecified atom stereocenters. The standard InChI is InChI=1S/C19H29N5O.2ClH/c1-3-23(4-2)11-12-24-17-8-6-5-7-16(17)21-19(24)22-18(25)14-20-13-15-9-10-15;;/h5-8,15,20H,3-4,9-14H2,1-2H3,(H,21,22,25);2*1H. The van der Waals surface area contributed by atoms with Crippen LogP contribution in [0, 0.1) is 5.92 Å². The quantitative estimate of drug-likeness (QED) is 0.625. The number of aromatic nitrogens is 2. The number of fused-ring (bicyclic) bond motifs is 1. The molecule has 1 saturated carbocycles. The minimum Gasteiger partial charge on any atom is -0.309 e. The van der Waals surface area contributed by atoms with Crippen molar-refractivity contribution in [2.24, 2.45) is 5.92 Å². The highest BCUT2D eigenvalue weighted by Crippen LogP contribution is 2.27. The molecule has 2 N–H and O–H groups in total. The zero-order chi connectivity index (χ0) is 17.6. The van der Waals surface area contributed by atoms with Gasteiger partial charge in [0.15, 0.2) is 0 Å². The summed E-state index contributed by atoms with van der Waals surface area (Å²) in [6.07, 6.45) is 2.57. The van der Waals surface area contributed by atoms with Gasteiger partial charge in [-0.2, -0.15) is 0 Å². The van der Waals surface area contributed by atoms with Gasteiger partial charge in [0, 0.05) is 13.1 Å². The molecular formula is C19H31Cl2N5O. The van der Waals surface area contributed by atoms with Crippen molar-refractivity contribution in [3.05, 3.63) is 24.3 Å². The fourth-order valence-electron chi connectivity index (χ4n) is 3.06. The lowest BCUT2D eigenvalue weighted by molar-refractivity contribution is -0.115. The van der Waals surface area contributed by atoms with Gasteiger partial charge in [-0.1, -0.05) is 26.0 Å². The molecule has 0 bridgehead atoms. The summed E-state index contributed by atoms with van der Waals surface area (Å²) in [5.41, 5.74) is 1.99. The zero-order valence-electron chi connectivity index (χ0n) is 16.1. The van der Waals surface area contributed by atoms with Crippen LogP contribution in [0.3, 0.4) is 0 Å². The smallest absolute Gasteiger partial charge is 0.240 e. The van der Waals surface area contributed by atoms with E-state index in [-0.39, 0.29) is 30.7 Å². The van der Waals surface area contributed by atoms with Crippen molar-refractivity contribution in [3.63, 3.8) is 0 Å². The highest BCUT2D eigenvalue weighted by molar-refractivity contribution is 5.92. The second kappa shape index (κ2) is 11.5. The number of anilines is 1. The van der Waals surface area contributed by atoms with Crippen LogP contribution in [0.2, 0.25) is 0 Å². The number of hydrogen-bond acceptors (Lipinski definition) is 4. The summed E-state index contributed by atoms with van der Waals surface area (Å²) < 4.78 is 2.12. The van der Waals surface area contributed by atoms with Gasteiger partial charge in [0.2, 0.25) is 11.9 Å². The third-order valence-corrected chi connectivity index (χ3v) is 4.86. The second-order valence-electron chi connectivity index (χ2n) is 6.73. The molecule has 6 nitrogen and oxygen atoms in total. The Morgan fingerprint density at radius 3 is 2.59 bits per heavy atom. The largest absolute Gasteiger partial charge is 0.309 e. The molecule has 152 valence electrons. The van der Waals surface area contributed by atoms with Crippen molar-refractivity contribution >= 4 is 47.7 Å². The highest BCUT2D eigenvalue weighted by Gasteiger charge is 2.21. The predicted molar refractivity (Wildman–Crippen MR) is 116 cm³/mol. The Morgan fingerprint density at radius 2 is 1.93 bits per heavy atom. The number of hydrogen-bond donors (Lipinski definition) is 2. The molecule has 1 aromatic heterocycles. The van der Waals surface area contributed by atoms with Gasteiger partial charge in [-0.15, -0.1) is 24.8 Å². The summed E-state index contributed by atoms with van der Waals surface area (Å²) in [5, 5.41) is 6.22. The molecule has 1 aliphatic carbocycles. The molecule has 3 rings (SSSR count). The summed E-state index contributed by atoms with van der Waals surface area (Å²) in [7, 11) is 0. The maximum atomic E-state index is 12.3. The van der Waals surface area contributed by atoms with Crippen LogP contribution < -0.4 is 10.6 Å². The maximum absolute atomic E-state index is 12.3. The molecule has 0 atom stereocenters. The third kappa shape index (κ3) is 6.64. The van der Waals surface area contributed by atoms with Crippen LogP contribution in [-0.4, -0.2) is 53.1 Å². The van der Waals surface area contributed by atoms with Gasteiger partial charge >= 0.3 is 0 Å². The Balaban J connectivity index is 0.00000182. The van der Waals surface area contributed by atoms with E-state index in [0.29, 0.717) is 12.5 Å². The van der Waals surface area contributed by atoms with E-state index in [9.17, 15) is 4.79 Å². The fourth-order valence-corrected chi connectivity index (χ4v) is 3.06. The van der Waals surface area contributed by atoms with E-state index in [1.165, 1.54) is 12.8 Å². The molecule has 1 aromatic carbocycles. The number of amides is 1. The zero-order valence-corrected chi connectivity index (χ0v) is 17.7. The Bertz CT molecular complexity index is 713. The Kier molecular flexibility index (Phi) is 10.1. The lowest BCUT2D eigenvalue weighted by atomic mass is 10.3. The van der Waals surface area contributed by atoms with Crippen LogP contribution in [0.25, 0.3) is 11.0 Å². The molecule has 2 aromatic rings. The first kappa shape index (κ1) is 23.7. The highest BCUT2D eigenvalue weighted by atomic mass is 35.5. The van der Waals surface area contributed by atoms with Crippen LogP contribution in [0.1, 0.15) is 26.7 Å². The van der Waals surface area contributed by atoms with Gasteiger partial charge in [0.25, 0.3) is 0 Å². The predicted octanol–water partition coefficient (Wildman–Crippen LogP) is 3.16. The van der Waals surface area contributed by atoms with Crippen molar-refractivity contribution in [2.45, 2.75) is 33.2 Å². The van der Waals surface area contributed by atoms with Crippen molar-refractivity contribution in [3.8, 4) is 0 Å². The fraction of sp³-hybridized carbons (Fsp3) is 0.579. The van der Waals surface area contributed by atoms with Crippen molar-refractivity contribution in [1.82, 2.24) is 19.8 Å². The topological polar surface area (TPSA) is 62.2 Å². The summed E-state index contributed by atoms with van der Waals surface area (Å²) in [5.74, 6) is 1.39. The van der Waals surface area contributed by atoms with Crippen molar-refractivity contribution in [1.29, 1.82) is 0 Å². The van der Waals surface area contributed by atoms with E-state index in [1.54, 1.807) is 0 Å². The van der Waals surface area contributed by atoms with E-state index in [0.717, 1.165) is 49.7 Å². The summed E-state index contributed by atoms with van der Waals surface area (Å²) in [6, 6.07) is 8.05. The number of rotatable bonds is 10. The molecule has 0 saturated heterocycles. The summed E-state index contributed by atoms with van der Waals surface area (Å²) in [6.45, 7) is 9.42. The minimum atomic E-state index is -0.0277. The first-order chi connectivity index (χ1) is 12.2. The molecule has 0 aliphatic heterocycles. The molecular weight excluding hydrogens is 385 g/mol.